The van der Waals surface area contributed by atoms with Crippen molar-refractivity contribution in [3.63, 3.8) is 0 Å². The second-order valence-corrected chi connectivity index (χ2v) is 9.08. The zero-order valence-electron chi connectivity index (χ0n) is 22.0. The monoisotopic (exact) mass is 549 g/mol. The number of benzene rings is 3. The molecule has 0 radical (unpaired) electrons. The maximum absolute atomic E-state index is 14.1. The molecule has 10 nitrogen and oxygen atoms in total. The van der Waals surface area contributed by atoms with E-state index in [1.54, 1.807) is 7.11 Å². The van der Waals surface area contributed by atoms with Gasteiger partial charge >= 0.3 is 0 Å². The van der Waals surface area contributed by atoms with Crippen LogP contribution in [0.5, 0.6) is 5.75 Å². The van der Waals surface area contributed by atoms with Crippen molar-refractivity contribution < 1.29 is 23.4 Å². The predicted octanol–water partition coefficient (Wildman–Crippen LogP) is 3.26. The summed E-state index contributed by atoms with van der Waals surface area (Å²) in [4.78, 5) is 18.4. The lowest BCUT2D eigenvalue weighted by Gasteiger charge is -2.28. The van der Waals surface area contributed by atoms with Gasteiger partial charge in [0.25, 0.3) is 0 Å². The first-order valence-electron chi connectivity index (χ1n) is 12.4. The van der Waals surface area contributed by atoms with Crippen LogP contribution in [0.4, 0.5) is 8.78 Å². The summed E-state index contributed by atoms with van der Waals surface area (Å²) in [5.74, 6) is -0.699. The molecule has 3 aromatic carbocycles. The molecule has 0 bridgehead atoms. The van der Waals surface area contributed by atoms with E-state index in [9.17, 15) is 18.7 Å². The molecule has 0 aliphatic carbocycles. The van der Waals surface area contributed by atoms with Crippen LogP contribution in [0.1, 0.15) is 18.1 Å². The lowest BCUT2D eigenvalue weighted by Crippen LogP contribution is -2.37. The summed E-state index contributed by atoms with van der Waals surface area (Å²) in [5.41, 5.74) is -0.529. The van der Waals surface area contributed by atoms with Crippen molar-refractivity contribution in [2.75, 3.05) is 13.7 Å². The highest BCUT2D eigenvalue weighted by Crippen LogP contribution is 2.28. The molecule has 5 aromatic rings. The van der Waals surface area contributed by atoms with E-state index in [0.717, 1.165) is 24.3 Å². The van der Waals surface area contributed by atoms with Gasteiger partial charge in [-0.1, -0.05) is 30.3 Å². The van der Waals surface area contributed by atoms with E-state index in [1.165, 1.54) is 64.0 Å². The molecule has 12 heteroatoms. The third-order valence-corrected chi connectivity index (χ3v) is 6.16. The average molecular weight is 550 g/mol. The van der Waals surface area contributed by atoms with Crippen LogP contribution < -0.4 is 10.1 Å². The van der Waals surface area contributed by atoms with Gasteiger partial charge in [0.1, 0.15) is 48.3 Å². The summed E-state index contributed by atoms with van der Waals surface area (Å²) in [6.45, 7) is 2.04. The highest BCUT2D eigenvalue weighted by Gasteiger charge is 2.34. The molecule has 5 rings (SSSR count). The second-order valence-electron chi connectivity index (χ2n) is 9.08. The fourth-order valence-corrected chi connectivity index (χ4v) is 4.29. The van der Waals surface area contributed by atoms with E-state index < -0.39 is 17.2 Å². The number of halogens is 2. The molecule has 0 aliphatic rings. The SMILES string of the molecule is COc1ccc2cccc(CCNC(C)=O)c2c1.OC(Cn1cncn1)(Cn1cncn1)c1ccc(F)cc1F. The first kappa shape index (κ1) is 28.3. The fourth-order valence-electron chi connectivity index (χ4n) is 4.29. The lowest BCUT2D eigenvalue weighted by molar-refractivity contribution is -0.118. The topological polar surface area (TPSA) is 120 Å². The van der Waals surface area contributed by atoms with Crippen molar-refractivity contribution in [3.8, 4) is 5.75 Å². The predicted molar refractivity (Wildman–Crippen MR) is 143 cm³/mol. The first-order chi connectivity index (χ1) is 19.3. The normalized spacial score (nSPS) is 11.1. The molecule has 0 fully saturated rings. The average Bonchev–Trinajstić information content (AvgIpc) is 3.63. The summed E-state index contributed by atoms with van der Waals surface area (Å²) in [6, 6.07) is 15.3. The zero-order chi connectivity index (χ0) is 28.5. The number of nitrogens with zero attached hydrogens (tertiary/aromatic N) is 6. The number of nitrogens with one attached hydrogen (secondary N) is 1. The van der Waals surface area contributed by atoms with Crippen LogP contribution in [-0.2, 0) is 29.9 Å². The van der Waals surface area contributed by atoms with Crippen LogP contribution in [0.2, 0.25) is 0 Å². The first-order valence-corrected chi connectivity index (χ1v) is 12.4. The number of hydrogen-bond acceptors (Lipinski definition) is 7. The van der Waals surface area contributed by atoms with Crippen LogP contribution in [0.15, 0.2) is 79.9 Å². The van der Waals surface area contributed by atoms with Crippen molar-refractivity contribution >= 4 is 16.7 Å². The molecule has 0 saturated heterocycles. The molecule has 0 aliphatic heterocycles. The maximum Gasteiger partial charge on any atom is 0.216 e. The molecule has 40 heavy (non-hydrogen) atoms. The van der Waals surface area contributed by atoms with Gasteiger partial charge in [0, 0.05) is 25.1 Å². The molecule has 0 saturated carbocycles. The van der Waals surface area contributed by atoms with Crippen molar-refractivity contribution in [1.82, 2.24) is 34.8 Å². The van der Waals surface area contributed by atoms with Crippen LogP contribution in [0.25, 0.3) is 10.8 Å². The van der Waals surface area contributed by atoms with Crippen LogP contribution in [-0.4, -0.2) is 54.2 Å². The number of methoxy groups -OCH3 is 1. The number of carbonyl (C=O) groups is 1. The Kier molecular flexibility index (Phi) is 9.12. The van der Waals surface area contributed by atoms with Gasteiger partial charge in [0.05, 0.1) is 20.2 Å². The number of ether oxygens (including phenoxy) is 1. The van der Waals surface area contributed by atoms with Crippen LogP contribution in [0.3, 0.4) is 0 Å². The Labute approximate surface area is 229 Å². The number of hydrogen-bond donors (Lipinski definition) is 2. The summed E-state index contributed by atoms with van der Waals surface area (Å²) < 4.78 is 35.2. The van der Waals surface area contributed by atoms with Gasteiger partial charge in [-0.05, 0) is 41.0 Å². The van der Waals surface area contributed by atoms with Crippen molar-refractivity contribution in [3.05, 3.63) is 103 Å². The van der Waals surface area contributed by atoms with E-state index in [0.29, 0.717) is 6.54 Å². The third-order valence-electron chi connectivity index (χ3n) is 6.16. The Bertz CT molecular complexity index is 1510. The van der Waals surface area contributed by atoms with Gasteiger partial charge in [-0.15, -0.1) is 0 Å². The molecule has 208 valence electrons. The second kappa shape index (κ2) is 12.9. The minimum atomic E-state index is -1.70. The molecule has 2 heterocycles. The number of amides is 1. The van der Waals surface area contributed by atoms with Gasteiger partial charge in [-0.25, -0.2) is 28.1 Å². The summed E-state index contributed by atoms with van der Waals surface area (Å²) in [5, 5.41) is 24.0. The maximum atomic E-state index is 14.1. The number of aliphatic hydroxyl groups is 1. The van der Waals surface area contributed by atoms with Crippen molar-refractivity contribution in [1.29, 1.82) is 0 Å². The smallest absolute Gasteiger partial charge is 0.216 e. The lowest BCUT2D eigenvalue weighted by atomic mass is 9.93. The van der Waals surface area contributed by atoms with Crippen LogP contribution >= 0.6 is 0 Å². The van der Waals surface area contributed by atoms with E-state index >= 15 is 0 Å². The molecular weight excluding hydrogens is 520 g/mol. The Morgan fingerprint density at radius 3 is 2.27 bits per heavy atom. The van der Waals surface area contributed by atoms with Gasteiger partial charge in [-0.2, -0.15) is 10.2 Å². The van der Waals surface area contributed by atoms with E-state index in [2.05, 4.69) is 43.7 Å². The van der Waals surface area contributed by atoms with Crippen LogP contribution in [0, 0.1) is 11.6 Å². The molecule has 1 amide bonds. The Hall–Kier alpha value is -4.71. The van der Waals surface area contributed by atoms with Crippen molar-refractivity contribution in [2.45, 2.75) is 32.0 Å². The Morgan fingerprint density at radius 2 is 1.70 bits per heavy atom. The molecule has 0 spiro atoms. The van der Waals surface area contributed by atoms with Gasteiger partial charge < -0.3 is 15.2 Å². The largest absolute Gasteiger partial charge is 0.497 e. The van der Waals surface area contributed by atoms with Gasteiger partial charge in [-0.3, -0.25) is 4.79 Å². The van der Waals surface area contributed by atoms with Gasteiger partial charge in [0.2, 0.25) is 5.91 Å². The molecular formula is C28H29F2N7O3. The van der Waals surface area contributed by atoms with E-state index in [-0.39, 0.29) is 24.6 Å². The fraction of sp³-hybridized carbons (Fsp3) is 0.250. The minimum Gasteiger partial charge on any atom is -0.497 e. The summed E-state index contributed by atoms with van der Waals surface area (Å²) in [6.07, 6.45) is 6.22. The number of carbonyl (C=O) groups excluding carboxylic acids is 1. The highest BCUT2D eigenvalue weighted by molar-refractivity contribution is 5.87. The quantitative estimate of drug-likeness (QED) is 0.290. The standard InChI is InChI=1S/C15H17NO2.C13H12F2N6O/c1-11(17)16-9-8-13-5-3-4-12-6-7-14(18-2)10-15(12)13;14-10-1-2-11(12(15)3-10)13(22,4-20-8-16-6-18-20)5-21-9-17-7-19-21/h3-7,10H,8-9H2,1-2H3,(H,16,17);1-3,6-9,22H,4-5H2. The van der Waals surface area contributed by atoms with E-state index in [1.807, 2.05) is 18.2 Å². The molecule has 2 N–H and O–H groups in total. The zero-order valence-corrected chi connectivity index (χ0v) is 22.0. The Morgan fingerprint density at radius 1 is 1.00 bits per heavy atom. The minimum absolute atomic E-state index is 0.00724. The highest BCUT2D eigenvalue weighted by atomic mass is 19.1. The number of fused-ring (bicyclic) bond motifs is 1. The third kappa shape index (κ3) is 7.23. The molecule has 0 unspecified atom stereocenters. The van der Waals surface area contributed by atoms with E-state index in [4.69, 9.17) is 4.74 Å². The molecule has 2 aromatic heterocycles. The molecule has 0 atom stereocenters. The summed E-state index contributed by atoms with van der Waals surface area (Å²) in [7, 11) is 1.67. The van der Waals surface area contributed by atoms with Gasteiger partial charge in [0.15, 0.2) is 0 Å². The number of aromatic nitrogens is 6. The number of rotatable bonds is 9. The van der Waals surface area contributed by atoms with Crippen molar-refractivity contribution in [2.24, 2.45) is 0 Å². The summed E-state index contributed by atoms with van der Waals surface area (Å²) >= 11 is 0. The Balaban J connectivity index is 0.000000189.